The third kappa shape index (κ3) is 2.39. The van der Waals surface area contributed by atoms with E-state index in [0.29, 0.717) is 5.56 Å². The predicted molar refractivity (Wildman–Crippen MR) is 73.0 cm³/mol. The zero-order valence-corrected chi connectivity index (χ0v) is 11.7. The zero-order chi connectivity index (χ0) is 14.2. The van der Waals surface area contributed by atoms with E-state index in [1.807, 2.05) is 31.6 Å². The number of nitrogens with two attached hydrogens (primary N) is 1. The summed E-state index contributed by atoms with van der Waals surface area (Å²) in [6.45, 7) is 5.69. The van der Waals surface area contributed by atoms with E-state index in [2.05, 4.69) is 10.5 Å². The lowest BCUT2D eigenvalue weighted by atomic mass is 9.96. The Morgan fingerprint density at radius 2 is 2.00 bits per heavy atom. The molecule has 3 N–H and O–H groups in total. The molecule has 5 heteroatoms. The minimum Gasteiger partial charge on any atom is -0.272 e. The fourth-order valence-corrected chi connectivity index (χ4v) is 2.40. The van der Waals surface area contributed by atoms with Gasteiger partial charge in [0.25, 0.3) is 0 Å². The summed E-state index contributed by atoms with van der Waals surface area (Å²) in [7, 11) is 1.90. The molecule has 0 spiro atoms. The molecule has 0 radical (unpaired) electrons. The van der Waals surface area contributed by atoms with Crippen LogP contribution >= 0.6 is 0 Å². The fourth-order valence-electron chi connectivity index (χ4n) is 2.40. The van der Waals surface area contributed by atoms with Gasteiger partial charge in [-0.3, -0.25) is 10.5 Å². The first-order valence-corrected chi connectivity index (χ1v) is 6.18. The molecule has 1 unspecified atom stereocenters. The number of hydrogen-bond donors (Lipinski definition) is 2. The van der Waals surface area contributed by atoms with Gasteiger partial charge in [-0.2, -0.15) is 5.10 Å². The molecule has 1 atom stereocenters. The van der Waals surface area contributed by atoms with Gasteiger partial charge in [0.05, 0.1) is 11.7 Å². The summed E-state index contributed by atoms with van der Waals surface area (Å²) in [5.41, 5.74) is 7.34. The van der Waals surface area contributed by atoms with Crippen molar-refractivity contribution in [1.82, 2.24) is 15.2 Å². The second-order valence-electron chi connectivity index (χ2n) is 4.82. The number of aromatic nitrogens is 2. The molecule has 1 heterocycles. The average molecular weight is 262 g/mol. The lowest BCUT2D eigenvalue weighted by molar-refractivity contribution is 0.605. The van der Waals surface area contributed by atoms with Crippen molar-refractivity contribution in [3.8, 4) is 0 Å². The topological polar surface area (TPSA) is 55.9 Å². The van der Waals surface area contributed by atoms with Gasteiger partial charge < -0.3 is 0 Å². The predicted octanol–water partition coefficient (Wildman–Crippen LogP) is 2.04. The van der Waals surface area contributed by atoms with E-state index in [-0.39, 0.29) is 11.9 Å². The molecular formula is C14H19FN4. The normalized spacial score (nSPS) is 12.7. The van der Waals surface area contributed by atoms with Crippen molar-refractivity contribution in [2.45, 2.75) is 26.8 Å². The van der Waals surface area contributed by atoms with Crippen LogP contribution in [0.25, 0.3) is 0 Å². The quantitative estimate of drug-likeness (QED) is 0.657. The maximum Gasteiger partial charge on any atom is 0.126 e. The number of benzene rings is 1. The SMILES string of the molecule is Cc1cc(C(NN)c2c(C)nn(C)c2C)ccc1F. The van der Waals surface area contributed by atoms with E-state index < -0.39 is 0 Å². The second-order valence-corrected chi connectivity index (χ2v) is 4.82. The molecular weight excluding hydrogens is 243 g/mol. The Balaban J connectivity index is 2.52. The fraction of sp³-hybridized carbons (Fsp3) is 0.357. The van der Waals surface area contributed by atoms with Crippen LogP contribution in [0.15, 0.2) is 18.2 Å². The minimum absolute atomic E-state index is 0.187. The molecule has 102 valence electrons. The first kappa shape index (κ1) is 13.7. The van der Waals surface area contributed by atoms with Crippen molar-refractivity contribution in [2.75, 3.05) is 0 Å². The summed E-state index contributed by atoms with van der Waals surface area (Å²) in [6.07, 6.45) is 0. The van der Waals surface area contributed by atoms with Gasteiger partial charge in [-0.05, 0) is 38.0 Å². The molecule has 0 saturated carbocycles. The van der Waals surface area contributed by atoms with Crippen LogP contribution in [0, 0.1) is 26.6 Å². The van der Waals surface area contributed by atoms with Crippen molar-refractivity contribution in [2.24, 2.45) is 12.9 Å². The Labute approximate surface area is 112 Å². The number of aryl methyl sites for hydroxylation is 3. The van der Waals surface area contributed by atoms with E-state index in [1.54, 1.807) is 13.0 Å². The van der Waals surface area contributed by atoms with E-state index in [1.165, 1.54) is 6.07 Å². The number of halogens is 1. The van der Waals surface area contributed by atoms with Crippen LogP contribution in [0.3, 0.4) is 0 Å². The van der Waals surface area contributed by atoms with E-state index in [0.717, 1.165) is 22.5 Å². The summed E-state index contributed by atoms with van der Waals surface area (Å²) in [5, 5.41) is 4.39. The highest BCUT2D eigenvalue weighted by Crippen LogP contribution is 2.27. The highest BCUT2D eigenvalue weighted by Gasteiger charge is 2.21. The van der Waals surface area contributed by atoms with Gasteiger partial charge in [0.15, 0.2) is 0 Å². The largest absolute Gasteiger partial charge is 0.272 e. The van der Waals surface area contributed by atoms with Crippen LogP contribution in [0.5, 0.6) is 0 Å². The lowest BCUT2D eigenvalue weighted by Crippen LogP contribution is -2.29. The van der Waals surface area contributed by atoms with Gasteiger partial charge in [0.1, 0.15) is 5.82 Å². The Bertz CT molecular complexity index is 604. The molecule has 0 amide bonds. The molecule has 0 bridgehead atoms. The summed E-state index contributed by atoms with van der Waals surface area (Å²) >= 11 is 0. The Kier molecular flexibility index (Phi) is 3.68. The number of nitrogens with one attached hydrogen (secondary N) is 1. The van der Waals surface area contributed by atoms with Crippen molar-refractivity contribution >= 4 is 0 Å². The smallest absolute Gasteiger partial charge is 0.126 e. The van der Waals surface area contributed by atoms with Crippen LogP contribution < -0.4 is 11.3 Å². The lowest BCUT2D eigenvalue weighted by Gasteiger charge is -2.18. The van der Waals surface area contributed by atoms with Crippen molar-refractivity contribution < 1.29 is 4.39 Å². The standard InChI is InChI=1S/C14H19FN4/c1-8-7-11(5-6-12(8)15)14(17-16)13-9(2)18-19(4)10(13)3/h5-7,14,17H,16H2,1-4H3. The second kappa shape index (κ2) is 5.11. The van der Waals surface area contributed by atoms with Crippen LogP contribution in [0.4, 0.5) is 4.39 Å². The van der Waals surface area contributed by atoms with Crippen LogP contribution in [-0.4, -0.2) is 9.78 Å². The highest BCUT2D eigenvalue weighted by atomic mass is 19.1. The van der Waals surface area contributed by atoms with Crippen LogP contribution in [0.1, 0.15) is 34.1 Å². The Hall–Kier alpha value is -1.72. The first-order chi connectivity index (χ1) is 8.95. The molecule has 1 aromatic carbocycles. The van der Waals surface area contributed by atoms with Gasteiger partial charge in [0.2, 0.25) is 0 Å². The molecule has 0 fully saturated rings. The van der Waals surface area contributed by atoms with Crippen molar-refractivity contribution in [3.05, 3.63) is 52.1 Å². The maximum absolute atomic E-state index is 13.4. The third-order valence-corrected chi connectivity index (χ3v) is 3.54. The summed E-state index contributed by atoms with van der Waals surface area (Å²) < 4.78 is 15.2. The molecule has 0 saturated heterocycles. The number of hydrazine groups is 1. The van der Waals surface area contributed by atoms with Gasteiger partial charge in [-0.25, -0.2) is 9.82 Å². The molecule has 1 aromatic heterocycles. The molecule has 2 aromatic rings. The van der Waals surface area contributed by atoms with Gasteiger partial charge >= 0.3 is 0 Å². The third-order valence-electron chi connectivity index (χ3n) is 3.54. The first-order valence-electron chi connectivity index (χ1n) is 6.18. The zero-order valence-electron chi connectivity index (χ0n) is 11.7. The molecule has 0 aliphatic rings. The van der Waals surface area contributed by atoms with Crippen molar-refractivity contribution in [1.29, 1.82) is 0 Å². The average Bonchev–Trinajstić information content (AvgIpc) is 2.61. The van der Waals surface area contributed by atoms with Gasteiger partial charge in [-0.1, -0.05) is 12.1 Å². The number of nitrogens with zero attached hydrogens (tertiary/aromatic N) is 2. The van der Waals surface area contributed by atoms with Gasteiger partial charge in [-0.15, -0.1) is 0 Å². The highest BCUT2D eigenvalue weighted by molar-refractivity contribution is 5.38. The molecule has 0 aliphatic carbocycles. The Morgan fingerprint density at radius 1 is 1.32 bits per heavy atom. The van der Waals surface area contributed by atoms with E-state index >= 15 is 0 Å². The molecule has 19 heavy (non-hydrogen) atoms. The number of rotatable bonds is 3. The van der Waals surface area contributed by atoms with Gasteiger partial charge in [0, 0.05) is 18.3 Å². The Morgan fingerprint density at radius 3 is 2.47 bits per heavy atom. The monoisotopic (exact) mass is 262 g/mol. The summed E-state index contributed by atoms with van der Waals surface area (Å²) in [5.74, 6) is 5.48. The molecule has 2 rings (SSSR count). The van der Waals surface area contributed by atoms with Crippen LogP contribution in [-0.2, 0) is 7.05 Å². The summed E-state index contributed by atoms with van der Waals surface area (Å²) in [4.78, 5) is 0. The maximum atomic E-state index is 13.4. The van der Waals surface area contributed by atoms with E-state index in [9.17, 15) is 4.39 Å². The number of hydrogen-bond acceptors (Lipinski definition) is 3. The van der Waals surface area contributed by atoms with Crippen molar-refractivity contribution in [3.63, 3.8) is 0 Å². The molecule has 0 aliphatic heterocycles. The molecule has 4 nitrogen and oxygen atoms in total. The van der Waals surface area contributed by atoms with E-state index in [4.69, 9.17) is 5.84 Å². The van der Waals surface area contributed by atoms with Crippen LogP contribution in [0.2, 0.25) is 0 Å². The summed E-state index contributed by atoms with van der Waals surface area (Å²) in [6, 6.07) is 4.84. The minimum atomic E-state index is -0.209.